The van der Waals surface area contributed by atoms with Crippen LogP contribution in [0.4, 0.5) is 0 Å². The molecule has 0 aliphatic heterocycles. The van der Waals surface area contributed by atoms with Crippen molar-refractivity contribution in [2.24, 2.45) is 0 Å². The summed E-state index contributed by atoms with van der Waals surface area (Å²) in [5, 5.41) is 14.3. The van der Waals surface area contributed by atoms with E-state index in [0.717, 1.165) is 42.6 Å². The van der Waals surface area contributed by atoms with Crippen molar-refractivity contribution in [1.29, 1.82) is 0 Å². The molecule has 1 heterocycles. The minimum atomic E-state index is 0.615. The quantitative estimate of drug-likeness (QED) is 0.678. The Morgan fingerprint density at radius 1 is 0.957 bits per heavy atom. The van der Waals surface area contributed by atoms with E-state index in [4.69, 9.17) is 4.74 Å². The maximum absolute atomic E-state index is 5.09. The number of unbranched alkanes of at least 4 members (excludes halogenated alkanes) is 1. The summed E-state index contributed by atoms with van der Waals surface area (Å²) >= 11 is 0. The van der Waals surface area contributed by atoms with Crippen LogP contribution >= 0.6 is 0 Å². The summed E-state index contributed by atoms with van der Waals surface area (Å²) in [5.41, 5.74) is 4.60. The van der Waals surface area contributed by atoms with Crippen molar-refractivity contribution in [3.05, 3.63) is 54.1 Å². The van der Waals surface area contributed by atoms with Gasteiger partial charge in [0, 0.05) is 19.3 Å². The largest absolute Gasteiger partial charge is 0.385 e. The number of benzene rings is 2. The molecule has 0 radical (unpaired) electrons. The van der Waals surface area contributed by atoms with E-state index in [1.807, 2.05) is 18.2 Å². The second-order valence-corrected chi connectivity index (χ2v) is 5.43. The van der Waals surface area contributed by atoms with Crippen LogP contribution in [0, 0.1) is 0 Å². The summed E-state index contributed by atoms with van der Waals surface area (Å²) in [6.07, 6.45) is 3.32. The molecule has 2 aromatic carbocycles. The summed E-state index contributed by atoms with van der Waals surface area (Å²) in [7, 11) is 1.75. The van der Waals surface area contributed by atoms with Crippen molar-refractivity contribution in [2.45, 2.75) is 19.3 Å². The highest BCUT2D eigenvalue weighted by molar-refractivity contribution is 5.80. The van der Waals surface area contributed by atoms with Gasteiger partial charge in [0.15, 0.2) is 0 Å². The van der Waals surface area contributed by atoms with Crippen LogP contribution in [-0.2, 0) is 11.2 Å². The predicted molar refractivity (Wildman–Crippen MR) is 89.9 cm³/mol. The summed E-state index contributed by atoms with van der Waals surface area (Å²) in [4.78, 5) is 0. The van der Waals surface area contributed by atoms with Crippen LogP contribution in [0.5, 0.6) is 0 Å². The van der Waals surface area contributed by atoms with Crippen molar-refractivity contribution in [3.63, 3.8) is 0 Å². The van der Waals surface area contributed by atoms with Crippen LogP contribution in [0.2, 0.25) is 0 Å². The molecule has 3 aromatic rings. The highest BCUT2D eigenvalue weighted by atomic mass is 16.5. The summed E-state index contributed by atoms with van der Waals surface area (Å²) in [6, 6.07) is 16.8. The molecule has 118 valence electrons. The van der Waals surface area contributed by atoms with E-state index < -0.39 is 0 Å². The van der Waals surface area contributed by atoms with E-state index in [9.17, 15) is 0 Å². The second kappa shape index (κ2) is 7.65. The zero-order chi connectivity index (χ0) is 15.9. The molecule has 0 amide bonds. The molecule has 0 bridgehead atoms. The first-order valence-electron chi connectivity index (χ1n) is 7.79. The van der Waals surface area contributed by atoms with E-state index in [2.05, 4.69) is 51.0 Å². The number of nitrogens with one attached hydrogen (secondary N) is 1. The Kier molecular flexibility index (Phi) is 5.11. The number of H-pyrrole nitrogens is 1. The summed E-state index contributed by atoms with van der Waals surface area (Å²) in [5.74, 6) is 0.615. The third-order valence-electron chi connectivity index (χ3n) is 3.84. The Labute approximate surface area is 135 Å². The van der Waals surface area contributed by atoms with Gasteiger partial charge in [0.05, 0.1) is 0 Å². The van der Waals surface area contributed by atoms with Crippen LogP contribution in [-0.4, -0.2) is 34.3 Å². The summed E-state index contributed by atoms with van der Waals surface area (Å²) < 4.78 is 5.09. The van der Waals surface area contributed by atoms with Gasteiger partial charge >= 0.3 is 0 Å². The van der Waals surface area contributed by atoms with Crippen LogP contribution < -0.4 is 0 Å². The van der Waals surface area contributed by atoms with E-state index >= 15 is 0 Å². The van der Waals surface area contributed by atoms with Gasteiger partial charge in [-0.2, -0.15) is 5.21 Å². The van der Waals surface area contributed by atoms with Crippen molar-refractivity contribution < 1.29 is 4.74 Å². The van der Waals surface area contributed by atoms with Crippen LogP contribution in [0.15, 0.2) is 48.5 Å². The van der Waals surface area contributed by atoms with Gasteiger partial charge in [-0.25, -0.2) is 0 Å². The molecule has 0 fully saturated rings. The molecule has 5 nitrogen and oxygen atoms in total. The van der Waals surface area contributed by atoms with Crippen LogP contribution in [0.3, 0.4) is 0 Å². The third-order valence-corrected chi connectivity index (χ3v) is 3.84. The molecule has 0 spiro atoms. The fraction of sp³-hybridized carbons (Fsp3) is 0.278. The van der Waals surface area contributed by atoms with Crippen molar-refractivity contribution in [3.8, 4) is 22.5 Å². The highest BCUT2D eigenvalue weighted by Crippen LogP contribution is 2.29. The average molecular weight is 308 g/mol. The first-order valence-corrected chi connectivity index (χ1v) is 7.79. The molecule has 0 aliphatic carbocycles. The number of hydrogen-bond acceptors (Lipinski definition) is 4. The molecule has 23 heavy (non-hydrogen) atoms. The number of aromatic nitrogens is 4. The smallest absolute Gasteiger partial charge is 0.205 e. The first kappa shape index (κ1) is 15.4. The Morgan fingerprint density at radius 3 is 2.43 bits per heavy atom. The highest BCUT2D eigenvalue weighted by Gasteiger charge is 2.10. The Balaban J connectivity index is 1.78. The molecule has 1 N–H and O–H groups in total. The summed E-state index contributed by atoms with van der Waals surface area (Å²) in [6.45, 7) is 0.830. The van der Waals surface area contributed by atoms with E-state index in [0.29, 0.717) is 5.82 Å². The van der Waals surface area contributed by atoms with E-state index in [1.54, 1.807) is 7.11 Å². The zero-order valence-electron chi connectivity index (χ0n) is 13.2. The van der Waals surface area contributed by atoms with Crippen molar-refractivity contribution >= 4 is 0 Å². The lowest BCUT2D eigenvalue weighted by Gasteiger charge is -2.08. The fourth-order valence-corrected chi connectivity index (χ4v) is 2.63. The third kappa shape index (κ3) is 3.81. The Hall–Kier alpha value is -2.53. The average Bonchev–Trinajstić information content (AvgIpc) is 3.14. The minimum Gasteiger partial charge on any atom is -0.385 e. The van der Waals surface area contributed by atoms with Crippen molar-refractivity contribution in [1.82, 2.24) is 20.6 Å². The number of nitrogens with zero attached hydrogens (tertiary/aromatic N) is 3. The van der Waals surface area contributed by atoms with Gasteiger partial charge in [-0.3, -0.25) is 0 Å². The minimum absolute atomic E-state index is 0.615. The molecular weight excluding hydrogens is 288 g/mol. The van der Waals surface area contributed by atoms with Gasteiger partial charge in [0.2, 0.25) is 5.82 Å². The van der Waals surface area contributed by atoms with Gasteiger partial charge in [0.25, 0.3) is 0 Å². The van der Waals surface area contributed by atoms with Gasteiger partial charge in [-0.05, 0) is 41.2 Å². The van der Waals surface area contributed by atoms with E-state index in [-0.39, 0.29) is 0 Å². The van der Waals surface area contributed by atoms with Gasteiger partial charge < -0.3 is 4.74 Å². The number of hydrogen-bond donors (Lipinski definition) is 1. The lowest BCUT2D eigenvalue weighted by molar-refractivity contribution is 0.193. The van der Waals surface area contributed by atoms with Crippen LogP contribution in [0.1, 0.15) is 18.4 Å². The number of rotatable bonds is 7. The SMILES string of the molecule is COCCCCc1ccc(-c2ccccc2-c2nn[nH]n2)cc1. The number of ether oxygens (including phenoxy) is 1. The van der Waals surface area contributed by atoms with Gasteiger partial charge in [-0.1, -0.05) is 48.5 Å². The Bertz CT molecular complexity index is 723. The topological polar surface area (TPSA) is 63.7 Å². The molecule has 0 saturated carbocycles. The fourth-order valence-electron chi connectivity index (χ4n) is 2.63. The molecule has 0 saturated heterocycles. The van der Waals surface area contributed by atoms with Gasteiger partial charge in [0.1, 0.15) is 0 Å². The first-order chi connectivity index (χ1) is 11.4. The van der Waals surface area contributed by atoms with Crippen molar-refractivity contribution in [2.75, 3.05) is 13.7 Å². The molecular formula is C18H20N4O. The Morgan fingerprint density at radius 2 is 1.74 bits per heavy atom. The second-order valence-electron chi connectivity index (χ2n) is 5.43. The van der Waals surface area contributed by atoms with Gasteiger partial charge in [-0.15, -0.1) is 10.2 Å². The predicted octanol–water partition coefficient (Wildman–Crippen LogP) is 3.50. The number of methoxy groups -OCH3 is 1. The molecule has 0 unspecified atom stereocenters. The number of aromatic amines is 1. The molecule has 1 aromatic heterocycles. The standard InChI is InChI=1S/C18H20N4O/c1-23-13-5-4-6-14-9-11-15(12-10-14)16-7-2-3-8-17(16)18-19-21-22-20-18/h2-3,7-12H,4-6,13H2,1H3,(H,19,20,21,22). The molecule has 3 rings (SSSR count). The number of tetrazole rings is 1. The maximum Gasteiger partial charge on any atom is 0.205 e. The van der Waals surface area contributed by atoms with Crippen LogP contribution in [0.25, 0.3) is 22.5 Å². The maximum atomic E-state index is 5.09. The zero-order valence-corrected chi connectivity index (χ0v) is 13.2. The normalized spacial score (nSPS) is 10.8. The molecule has 0 aliphatic rings. The molecule has 0 atom stereocenters. The monoisotopic (exact) mass is 308 g/mol. The lowest BCUT2D eigenvalue weighted by Crippen LogP contribution is -1.92. The van der Waals surface area contributed by atoms with E-state index in [1.165, 1.54) is 5.56 Å². The number of aryl methyl sites for hydroxylation is 1. The molecule has 5 heteroatoms. The lowest BCUT2D eigenvalue weighted by atomic mass is 9.97.